The van der Waals surface area contributed by atoms with Crippen LogP contribution in [0, 0.1) is 0 Å². The first-order chi connectivity index (χ1) is 8.24. The number of rotatable bonds is 3. The number of aromatic nitrogens is 3. The maximum atomic E-state index is 11.7. The van der Waals surface area contributed by atoms with E-state index in [1.807, 2.05) is 0 Å². The third kappa shape index (κ3) is 2.10. The first-order valence-electron chi connectivity index (χ1n) is 5.15. The molecule has 0 fully saturated rings. The van der Waals surface area contributed by atoms with E-state index in [1.165, 1.54) is 0 Å². The molecule has 0 unspecified atom stereocenters. The van der Waals surface area contributed by atoms with Gasteiger partial charge in [-0.05, 0) is 19.1 Å². The lowest BCUT2D eigenvalue weighted by Gasteiger charge is -2.03. The average molecular weight is 232 g/mol. The first kappa shape index (κ1) is 11.1. The van der Waals surface area contributed by atoms with Crippen LogP contribution in [-0.4, -0.2) is 27.8 Å². The van der Waals surface area contributed by atoms with Crippen LogP contribution in [0.2, 0.25) is 0 Å². The van der Waals surface area contributed by atoms with Gasteiger partial charge >= 0.3 is 5.97 Å². The van der Waals surface area contributed by atoms with E-state index in [-0.39, 0.29) is 11.4 Å². The summed E-state index contributed by atoms with van der Waals surface area (Å²) in [6.07, 6.45) is 3.24. The number of esters is 1. The van der Waals surface area contributed by atoms with E-state index in [1.54, 1.807) is 31.5 Å². The highest BCUT2D eigenvalue weighted by Crippen LogP contribution is 2.25. The molecule has 0 spiro atoms. The first-order valence-corrected chi connectivity index (χ1v) is 5.15. The molecule has 0 atom stereocenters. The molecule has 6 heteroatoms. The second kappa shape index (κ2) is 4.65. The summed E-state index contributed by atoms with van der Waals surface area (Å²) < 4.78 is 4.93. The van der Waals surface area contributed by atoms with E-state index in [0.29, 0.717) is 12.3 Å². The second-order valence-corrected chi connectivity index (χ2v) is 3.32. The van der Waals surface area contributed by atoms with E-state index in [0.717, 1.165) is 5.56 Å². The number of ether oxygens (including phenoxy) is 1. The summed E-state index contributed by atoms with van der Waals surface area (Å²) in [6, 6.07) is 3.50. The van der Waals surface area contributed by atoms with Crippen LogP contribution in [0.1, 0.15) is 17.3 Å². The van der Waals surface area contributed by atoms with Crippen molar-refractivity contribution in [2.24, 2.45) is 0 Å². The lowest BCUT2D eigenvalue weighted by molar-refractivity contribution is 0.0528. The van der Waals surface area contributed by atoms with Crippen molar-refractivity contribution in [2.45, 2.75) is 6.92 Å². The van der Waals surface area contributed by atoms with Crippen LogP contribution in [0.5, 0.6) is 0 Å². The lowest BCUT2D eigenvalue weighted by Crippen LogP contribution is -2.07. The Morgan fingerprint density at radius 2 is 2.18 bits per heavy atom. The number of carbonyl (C=O) groups excluding carboxylic acids is 1. The molecule has 0 amide bonds. The number of hydrogen-bond donors (Lipinski definition) is 2. The van der Waals surface area contributed by atoms with Gasteiger partial charge in [0.25, 0.3) is 0 Å². The SMILES string of the molecule is CCOC(=O)c1c(-c2ccncc2)n[nH]c1N. The van der Waals surface area contributed by atoms with Gasteiger partial charge in [0.15, 0.2) is 0 Å². The molecule has 0 radical (unpaired) electrons. The van der Waals surface area contributed by atoms with Crippen molar-refractivity contribution in [2.75, 3.05) is 12.3 Å². The van der Waals surface area contributed by atoms with Gasteiger partial charge in [-0.1, -0.05) is 0 Å². The van der Waals surface area contributed by atoms with Crippen LogP contribution < -0.4 is 5.73 Å². The van der Waals surface area contributed by atoms with Gasteiger partial charge in [-0.15, -0.1) is 0 Å². The Morgan fingerprint density at radius 3 is 2.82 bits per heavy atom. The van der Waals surface area contributed by atoms with E-state index in [4.69, 9.17) is 10.5 Å². The van der Waals surface area contributed by atoms with Crippen molar-refractivity contribution < 1.29 is 9.53 Å². The zero-order valence-corrected chi connectivity index (χ0v) is 9.30. The summed E-state index contributed by atoms with van der Waals surface area (Å²) in [5, 5.41) is 6.59. The van der Waals surface area contributed by atoms with Gasteiger partial charge in [0.1, 0.15) is 17.1 Å². The van der Waals surface area contributed by atoms with Gasteiger partial charge in [-0.3, -0.25) is 10.1 Å². The summed E-state index contributed by atoms with van der Waals surface area (Å²) in [7, 11) is 0. The molecule has 88 valence electrons. The maximum Gasteiger partial charge on any atom is 0.344 e. The Bertz CT molecular complexity index is 522. The van der Waals surface area contributed by atoms with Crippen LogP contribution in [-0.2, 0) is 4.74 Å². The van der Waals surface area contributed by atoms with Crippen molar-refractivity contribution in [3.63, 3.8) is 0 Å². The number of H-pyrrole nitrogens is 1. The van der Waals surface area contributed by atoms with Crippen molar-refractivity contribution in [3.05, 3.63) is 30.1 Å². The van der Waals surface area contributed by atoms with Gasteiger partial charge < -0.3 is 10.5 Å². The molecule has 2 aromatic rings. The predicted molar refractivity (Wildman–Crippen MR) is 62.2 cm³/mol. The molecule has 0 aliphatic carbocycles. The van der Waals surface area contributed by atoms with E-state index in [9.17, 15) is 4.79 Å². The number of aromatic amines is 1. The van der Waals surface area contributed by atoms with Crippen molar-refractivity contribution in [3.8, 4) is 11.3 Å². The summed E-state index contributed by atoms with van der Waals surface area (Å²) in [6.45, 7) is 2.03. The Labute approximate surface area is 97.8 Å². The molecule has 0 bridgehead atoms. The molecule has 6 nitrogen and oxygen atoms in total. The van der Waals surface area contributed by atoms with Gasteiger partial charge in [-0.25, -0.2) is 4.79 Å². The molecule has 3 N–H and O–H groups in total. The standard InChI is InChI=1S/C11H12N4O2/c1-2-17-11(16)8-9(14-15-10(8)12)7-3-5-13-6-4-7/h3-6H,2H2,1H3,(H3,12,14,15). The topological polar surface area (TPSA) is 93.9 Å². The van der Waals surface area contributed by atoms with E-state index >= 15 is 0 Å². The van der Waals surface area contributed by atoms with E-state index < -0.39 is 5.97 Å². The number of pyridine rings is 1. The fourth-order valence-electron chi connectivity index (χ4n) is 1.48. The largest absolute Gasteiger partial charge is 0.462 e. The minimum atomic E-state index is -0.481. The number of carbonyl (C=O) groups is 1. The Hall–Kier alpha value is -2.37. The molecular weight excluding hydrogens is 220 g/mol. The Kier molecular flexibility index (Phi) is 3.04. The fourth-order valence-corrected chi connectivity index (χ4v) is 1.48. The maximum absolute atomic E-state index is 11.7. The molecule has 2 rings (SSSR count). The van der Waals surface area contributed by atoms with Crippen LogP contribution >= 0.6 is 0 Å². The predicted octanol–water partition coefficient (Wildman–Crippen LogP) is 1.23. The van der Waals surface area contributed by atoms with Gasteiger partial charge in [0, 0.05) is 18.0 Å². The van der Waals surface area contributed by atoms with E-state index in [2.05, 4.69) is 15.2 Å². The minimum Gasteiger partial charge on any atom is -0.462 e. The van der Waals surface area contributed by atoms with Crippen molar-refractivity contribution in [1.29, 1.82) is 0 Å². The summed E-state index contributed by atoms with van der Waals surface area (Å²) in [4.78, 5) is 15.6. The zero-order valence-electron chi connectivity index (χ0n) is 9.30. The van der Waals surface area contributed by atoms with Crippen LogP contribution in [0.3, 0.4) is 0 Å². The third-order valence-electron chi connectivity index (χ3n) is 2.23. The third-order valence-corrected chi connectivity index (χ3v) is 2.23. The van der Waals surface area contributed by atoms with Crippen LogP contribution in [0.25, 0.3) is 11.3 Å². The summed E-state index contributed by atoms with van der Waals surface area (Å²) in [5.41, 5.74) is 7.17. The molecule has 2 heterocycles. The number of anilines is 1. The zero-order chi connectivity index (χ0) is 12.3. The normalized spacial score (nSPS) is 10.2. The molecule has 2 aromatic heterocycles. The number of nitrogens with two attached hydrogens (primary N) is 1. The Morgan fingerprint density at radius 1 is 1.47 bits per heavy atom. The molecule has 0 saturated carbocycles. The molecular formula is C11H12N4O2. The molecule has 0 aliphatic rings. The molecule has 0 saturated heterocycles. The molecule has 17 heavy (non-hydrogen) atoms. The quantitative estimate of drug-likeness (QED) is 0.776. The Balaban J connectivity index is 2.46. The average Bonchev–Trinajstić information content (AvgIpc) is 2.73. The summed E-state index contributed by atoms with van der Waals surface area (Å²) in [5.74, 6) is -0.277. The highest BCUT2D eigenvalue weighted by molar-refractivity contribution is 6.00. The van der Waals surface area contributed by atoms with Crippen LogP contribution in [0.4, 0.5) is 5.82 Å². The van der Waals surface area contributed by atoms with Crippen molar-refractivity contribution >= 4 is 11.8 Å². The monoisotopic (exact) mass is 232 g/mol. The second-order valence-electron chi connectivity index (χ2n) is 3.32. The van der Waals surface area contributed by atoms with Crippen LogP contribution in [0.15, 0.2) is 24.5 Å². The number of nitrogens with one attached hydrogen (secondary N) is 1. The number of nitrogen functional groups attached to an aromatic ring is 1. The fraction of sp³-hybridized carbons (Fsp3) is 0.182. The molecule has 0 aliphatic heterocycles. The lowest BCUT2D eigenvalue weighted by atomic mass is 10.1. The van der Waals surface area contributed by atoms with Crippen molar-refractivity contribution in [1.82, 2.24) is 15.2 Å². The number of nitrogens with zero attached hydrogens (tertiary/aromatic N) is 2. The van der Waals surface area contributed by atoms with Gasteiger partial charge in [-0.2, -0.15) is 5.10 Å². The van der Waals surface area contributed by atoms with Gasteiger partial charge in [0.05, 0.1) is 6.61 Å². The molecule has 0 aromatic carbocycles. The highest BCUT2D eigenvalue weighted by atomic mass is 16.5. The minimum absolute atomic E-state index is 0.204. The summed E-state index contributed by atoms with van der Waals surface area (Å²) >= 11 is 0. The smallest absolute Gasteiger partial charge is 0.344 e. The number of hydrogen-bond acceptors (Lipinski definition) is 5. The van der Waals surface area contributed by atoms with Gasteiger partial charge in [0.2, 0.25) is 0 Å². The highest BCUT2D eigenvalue weighted by Gasteiger charge is 2.20.